The van der Waals surface area contributed by atoms with Crippen molar-refractivity contribution in [3.63, 3.8) is 0 Å². The zero-order chi connectivity index (χ0) is 12.3. The van der Waals surface area contributed by atoms with Crippen LogP contribution in [0.4, 0.5) is 0 Å². The van der Waals surface area contributed by atoms with Gasteiger partial charge in [-0.3, -0.25) is 0 Å². The fraction of sp³-hybridized carbons (Fsp3) is 0.846. The number of nitroso groups, excluding NO2 is 1. The Kier molecular flexibility index (Phi) is 4.25. The molecule has 92 valence electrons. The fourth-order valence-corrected chi connectivity index (χ4v) is 2.92. The zero-order valence-corrected chi connectivity index (χ0v) is 10.5. The van der Waals surface area contributed by atoms with E-state index in [4.69, 9.17) is 0 Å². The Bertz CT molecular complexity index is 257. The molecule has 1 aliphatic rings. The summed E-state index contributed by atoms with van der Waals surface area (Å²) in [5.41, 5.74) is -0.214. The first-order valence-electron chi connectivity index (χ1n) is 6.07. The van der Waals surface area contributed by atoms with Gasteiger partial charge in [0.2, 0.25) is 0 Å². The predicted octanol–water partition coefficient (Wildman–Crippen LogP) is 3.13. The first kappa shape index (κ1) is 13.4. The van der Waals surface area contributed by atoms with Crippen molar-refractivity contribution < 1.29 is 5.11 Å². The highest BCUT2D eigenvalue weighted by Gasteiger charge is 2.42. The van der Waals surface area contributed by atoms with Crippen LogP contribution in [0.15, 0.2) is 17.8 Å². The minimum absolute atomic E-state index is 0.214. The fourth-order valence-electron chi connectivity index (χ4n) is 2.92. The van der Waals surface area contributed by atoms with Crippen LogP contribution in [0.25, 0.3) is 0 Å². The normalized spacial score (nSPS) is 37.1. The maximum absolute atomic E-state index is 10.8. The van der Waals surface area contributed by atoms with E-state index in [1.807, 2.05) is 6.92 Å². The van der Waals surface area contributed by atoms with Crippen molar-refractivity contribution in [2.45, 2.75) is 52.2 Å². The molecule has 3 heteroatoms. The highest BCUT2D eigenvalue weighted by Crippen LogP contribution is 2.44. The van der Waals surface area contributed by atoms with E-state index in [2.05, 4.69) is 25.6 Å². The van der Waals surface area contributed by atoms with Crippen molar-refractivity contribution >= 4 is 0 Å². The minimum Gasteiger partial charge on any atom is -0.393 e. The summed E-state index contributed by atoms with van der Waals surface area (Å²) in [6.07, 6.45) is 3.85. The van der Waals surface area contributed by atoms with Crippen molar-refractivity contribution in [3.8, 4) is 0 Å². The van der Waals surface area contributed by atoms with Crippen LogP contribution in [0.5, 0.6) is 0 Å². The van der Waals surface area contributed by atoms with Gasteiger partial charge in [0.15, 0.2) is 0 Å². The number of hydrogen-bond acceptors (Lipinski definition) is 3. The van der Waals surface area contributed by atoms with Gasteiger partial charge in [0, 0.05) is 0 Å². The molecule has 0 aromatic heterocycles. The average molecular weight is 225 g/mol. The van der Waals surface area contributed by atoms with Crippen LogP contribution < -0.4 is 0 Å². The third-order valence-electron chi connectivity index (χ3n) is 4.13. The van der Waals surface area contributed by atoms with Gasteiger partial charge < -0.3 is 5.11 Å². The summed E-state index contributed by atoms with van der Waals surface area (Å²) in [7, 11) is 0. The quantitative estimate of drug-likeness (QED) is 0.590. The third-order valence-corrected chi connectivity index (χ3v) is 4.13. The topological polar surface area (TPSA) is 49.7 Å². The number of aliphatic hydroxyl groups is 1. The SMILES string of the molecule is C=CC(N=O)[C@]1(C)CC[C@@H](C(C)C)[C@H](O)C1. The second-order valence-electron chi connectivity index (χ2n) is 5.66. The predicted molar refractivity (Wildman–Crippen MR) is 66.1 cm³/mol. The van der Waals surface area contributed by atoms with Gasteiger partial charge in [-0.2, -0.15) is 4.91 Å². The summed E-state index contributed by atoms with van der Waals surface area (Å²) in [4.78, 5) is 10.8. The lowest BCUT2D eigenvalue weighted by Gasteiger charge is -2.43. The van der Waals surface area contributed by atoms with Crippen molar-refractivity contribution in [1.82, 2.24) is 0 Å². The molecule has 0 bridgehead atoms. The van der Waals surface area contributed by atoms with Gasteiger partial charge in [-0.25, -0.2) is 0 Å². The van der Waals surface area contributed by atoms with Crippen LogP contribution in [0.1, 0.15) is 40.0 Å². The molecule has 0 heterocycles. The van der Waals surface area contributed by atoms with Gasteiger partial charge in [-0.05, 0) is 36.5 Å². The van der Waals surface area contributed by atoms with Crippen LogP contribution in [0.2, 0.25) is 0 Å². The lowest BCUT2D eigenvalue weighted by atomic mass is 9.64. The molecular weight excluding hydrogens is 202 g/mol. The molecule has 0 amide bonds. The molecule has 3 nitrogen and oxygen atoms in total. The van der Waals surface area contributed by atoms with Crippen LogP contribution in [-0.4, -0.2) is 17.3 Å². The second-order valence-corrected chi connectivity index (χ2v) is 5.66. The Hall–Kier alpha value is -0.700. The average Bonchev–Trinajstić information content (AvgIpc) is 2.18. The Morgan fingerprint density at radius 3 is 2.56 bits per heavy atom. The van der Waals surface area contributed by atoms with Crippen molar-refractivity contribution in [1.29, 1.82) is 0 Å². The molecule has 4 atom stereocenters. The summed E-state index contributed by atoms with van der Waals surface area (Å²) >= 11 is 0. The molecule has 1 unspecified atom stereocenters. The molecule has 1 saturated carbocycles. The molecule has 0 saturated heterocycles. The molecule has 0 radical (unpaired) electrons. The van der Waals surface area contributed by atoms with Crippen LogP contribution in [0, 0.1) is 22.2 Å². The Morgan fingerprint density at radius 1 is 1.56 bits per heavy atom. The Morgan fingerprint density at radius 2 is 2.19 bits per heavy atom. The Balaban J connectivity index is 2.75. The lowest BCUT2D eigenvalue weighted by molar-refractivity contribution is -0.0142. The molecule has 1 rings (SSSR count). The van der Waals surface area contributed by atoms with Gasteiger partial charge in [-0.15, -0.1) is 6.58 Å². The van der Waals surface area contributed by atoms with Gasteiger partial charge in [0.05, 0.1) is 6.10 Å². The molecule has 0 spiro atoms. The van der Waals surface area contributed by atoms with Gasteiger partial charge in [0.1, 0.15) is 6.04 Å². The largest absolute Gasteiger partial charge is 0.393 e. The zero-order valence-electron chi connectivity index (χ0n) is 10.5. The van der Waals surface area contributed by atoms with E-state index in [9.17, 15) is 10.0 Å². The maximum Gasteiger partial charge on any atom is 0.115 e. The van der Waals surface area contributed by atoms with E-state index in [0.29, 0.717) is 18.3 Å². The molecule has 0 aromatic rings. The summed E-state index contributed by atoms with van der Waals surface area (Å²) in [6.45, 7) is 9.96. The van der Waals surface area contributed by atoms with Crippen LogP contribution in [-0.2, 0) is 0 Å². The van der Waals surface area contributed by atoms with E-state index in [1.54, 1.807) is 6.08 Å². The number of rotatable bonds is 4. The van der Waals surface area contributed by atoms with Crippen molar-refractivity contribution in [2.75, 3.05) is 0 Å². The highest BCUT2D eigenvalue weighted by atomic mass is 16.3. The van der Waals surface area contributed by atoms with Gasteiger partial charge >= 0.3 is 0 Å². The molecule has 16 heavy (non-hydrogen) atoms. The molecule has 1 fully saturated rings. The van der Waals surface area contributed by atoms with E-state index >= 15 is 0 Å². The van der Waals surface area contributed by atoms with E-state index < -0.39 is 0 Å². The first-order valence-corrected chi connectivity index (χ1v) is 6.07. The van der Waals surface area contributed by atoms with Crippen molar-refractivity contribution in [2.24, 2.45) is 22.4 Å². The third kappa shape index (κ3) is 2.51. The van der Waals surface area contributed by atoms with Gasteiger partial charge in [0.25, 0.3) is 0 Å². The molecule has 0 aromatic carbocycles. The second kappa shape index (κ2) is 5.09. The van der Waals surface area contributed by atoms with E-state index in [0.717, 1.165) is 12.8 Å². The molecule has 1 N–H and O–H groups in total. The number of aliphatic hydroxyl groups excluding tert-OH is 1. The van der Waals surface area contributed by atoms with Gasteiger partial charge in [-0.1, -0.05) is 32.0 Å². The summed E-state index contributed by atoms with van der Waals surface area (Å²) in [5, 5.41) is 13.3. The summed E-state index contributed by atoms with van der Waals surface area (Å²) in [6, 6.07) is -0.379. The molecule has 1 aliphatic carbocycles. The first-order chi connectivity index (χ1) is 7.44. The monoisotopic (exact) mass is 225 g/mol. The Labute approximate surface area is 97.9 Å². The summed E-state index contributed by atoms with van der Waals surface area (Å²) in [5.74, 6) is 0.844. The summed E-state index contributed by atoms with van der Waals surface area (Å²) < 4.78 is 0. The maximum atomic E-state index is 10.8. The standard InChI is InChI=1S/C13H23NO2/c1-5-12(14-16)13(4)7-6-10(9(2)3)11(15)8-13/h5,9-12,15H,1,6-8H2,2-4H3/t10-,11+,12?,13+/m0/s1. The molecule has 0 aliphatic heterocycles. The molecular formula is C13H23NO2. The van der Waals surface area contributed by atoms with E-state index in [1.165, 1.54) is 0 Å². The smallest absolute Gasteiger partial charge is 0.115 e. The number of hydrogen-bond donors (Lipinski definition) is 1. The van der Waals surface area contributed by atoms with Crippen molar-refractivity contribution in [3.05, 3.63) is 17.6 Å². The lowest BCUT2D eigenvalue weighted by Crippen LogP contribution is -2.42. The van der Waals surface area contributed by atoms with Crippen LogP contribution >= 0.6 is 0 Å². The number of nitrogens with zero attached hydrogens (tertiary/aromatic N) is 1. The van der Waals surface area contributed by atoms with Crippen LogP contribution in [0.3, 0.4) is 0 Å². The van der Waals surface area contributed by atoms with E-state index in [-0.39, 0.29) is 17.6 Å². The minimum atomic E-state index is -0.379. The highest BCUT2D eigenvalue weighted by molar-refractivity contribution is 5.02.